The second-order valence-electron chi connectivity index (χ2n) is 8.03. The topological polar surface area (TPSA) is 80.0 Å². The molecular formula is C19H24F3N7O. The Morgan fingerprint density at radius 2 is 1.80 bits per heavy atom. The maximum Gasteiger partial charge on any atom is 0.451 e. The summed E-state index contributed by atoms with van der Waals surface area (Å²) < 4.78 is 40.5. The molecule has 2 aliphatic heterocycles. The van der Waals surface area contributed by atoms with Crippen LogP contribution < -0.4 is 4.90 Å². The molecule has 1 unspecified atom stereocenters. The van der Waals surface area contributed by atoms with Gasteiger partial charge in [0.05, 0.1) is 6.04 Å². The number of carbonyl (C=O) groups is 1. The van der Waals surface area contributed by atoms with Gasteiger partial charge in [0.15, 0.2) is 5.82 Å². The van der Waals surface area contributed by atoms with Gasteiger partial charge in [-0.25, -0.2) is 9.97 Å². The lowest BCUT2D eigenvalue weighted by atomic mass is 10.1. The lowest BCUT2D eigenvalue weighted by Crippen LogP contribution is -2.42. The van der Waals surface area contributed by atoms with E-state index >= 15 is 0 Å². The van der Waals surface area contributed by atoms with Crippen LogP contribution in [-0.2, 0) is 12.7 Å². The van der Waals surface area contributed by atoms with Crippen LogP contribution in [0.3, 0.4) is 0 Å². The highest BCUT2D eigenvalue weighted by Gasteiger charge is 2.42. The van der Waals surface area contributed by atoms with E-state index in [0.717, 1.165) is 36.2 Å². The van der Waals surface area contributed by atoms with E-state index in [9.17, 15) is 18.0 Å². The molecule has 1 amide bonds. The Hall–Kier alpha value is -2.72. The minimum absolute atomic E-state index is 0.0195. The molecule has 1 saturated heterocycles. The first-order valence-corrected chi connectivity index (χ1v) is 10.1. The number of fused-ring (bicyclic) bond motifs is 1. The fraction of sp³-hybridized carbons (Fsp3) is 0.632. The van der Waals surface area contributed by atoms with Crippen LogP contribution in [0.25, 0.3) is 0 Å². The van der Waals surface area contributed by atoms with Gasteiger partial charge in [-0.05, 0) is 31.7 Å². The van der Waals surface area contributed by atoms with Gasteiger partial charge in [0.1, 0.15) is 5.69 Å². The summed E-state index contributed by atoms with van der Waals surface area (Å²) >= 11 is 0. The Kier molecular flexibility index (Phi) is 5.15. The molecule has 162 valence electrons. The minimum Gasteiger partial charge on any atom is -0.341 e. The van der Waals surface area contributed by atoms with Gasteiger partial charge in [0.25, 0.3) is 5.91 Å². The van der Waals surface area contributed by atoms with Gasteiger partial charge in [0, 0.05) is 31.9 Å². The molecule has 0 radical (unpaired) electrons. The van der Waals surface area contributed by atoms with Crippen LogP contribution in [0, 0.1) is 0 Å². The molecule has 2 aliphatic rings. The third-order valence-corrected chi connectivity index (χ3v) is 5.63. The van der Waals surface area contributed by atoms with Crippen molar-refractivity contribution in [2.75, 3.05) is 24.5 Å². The Morgan fingerprint density at radius 3 is 2.43 bits per heavy atom. The van der Waals surface area contributed by atoms with Crippen LogP contribution in [0.2, 0.25) is 0 Å². The maximum atomic E-state index is 13.3. The van der Waals surface area contributed by atoms with Crippen molar-refractivity contribution in [3.05, 3.63) is 29.1 Å². The van der Waals surface area contributed by atoms with E-state index in [1.807, 2.05) is 13.8 Å². The molecule has 0 bridgehead atoms. The van der Waals surface area contributed by atoms with E-state index in [4.69, 9.17) is 0 Å². The van der Waals surface area contributed by atoms with Crippen molar-refractivity contribution in [2.24, 2.45) is 0 Å². The summed E-state index contributed by atoms with van der Waals surface area (Å²) in [5, 5.41) is 7.02. The Bertz CT molecular complexity index is 950. The predicted octanol–water partition coefficient (Wildman–Crippen LogP) is 3.03. The molecule has 1 fully saturated rings. The molecule has 0 N–H and O–H groups in total. The Balaban J connectivity index is 1.65. The van der Waals surface area contributed by atoms with Crippen LogP contribution in [0.4, 0.5) is 19.1 Å². The summed E-state index contributed by atoms with van der Waals surface area (Å²) in [5.74, 6) is -0.599. The summed E-state index contributed by atoms with van der Waals surface area (Å²) in [6, 6.07) is 1.03. The molecule has 0 saturated carbocycles. The highest BCUT2D eigenvalue weighted by Crippen LogP contribution is 2.33. The van der Waals surface area contributed by atoms with Crippen molar-refractivity contribution < 1.29 is 18.0 Å². The molecule has 8 nitrogen and oxygen atoms in total. The van der Waals surface area contributed by atoms with E-state index in [2.05, 4.69) is 25.1 Å². The summed E-state index contributed by atoms with van der Waals surface area (Å²) in [4.78, 5) is 26.0. The zero-order chi connectivity index (χ0) is 21.6. The number of hydrogen-bond donors (Lipinski definition) is 0. The van der Waals surface area contributed by atoms with E-state index in [1.54, 1.807) is 13.0 Å². The molecule has 0 aliphatic carbocycles. The average molecular weight is 423 g/mol. The number of anilines is 1. The first kappa shape index (κ1) is 20.5. The van der Waals surface area contributed by atoms with Gasteiger partial charge >= 0.3 is 6.18 Å². The number of alkyl halides is 3. The number of rotatable bonds is 3. The fourth-order valence-corrected chi connectivity index (χ4v) is 3.94. The zero-order valence-electron chi connectivity index (χ0n) is 17.1. The summed E-state index contributed by atoms with van der Waals surface area (Å²) in [6.45, 7) is 7.44. The van der Waals surface area contributed by atoms with Gasteiger partial charge in [-0.3, -0.25) is 4.79 Å². The highest BCUT2D eigenvalue weighted by molar-refractivity contribution is 5.93. The molecule has 30 heavy (non-hydrogen) atoms. The number of halogens is 3. The normalized spacial score (nSPS) is 19.5. The van der Waals surface area contributed by atoms with Crippen LogP contribution in [0.1, 0.15) is 73.4 Å². The van der Waals surface area contributed by atoms with Crippen molar-refractivity contribution in [1.29, 1.82) is 0 Å². The van der Waals surface area contributed by atoms with Gasteiger partial charge in [0.2, 0.25) is 11.8 Å². The van der Waals surface area contributed by atoms with E-state index in [1.165, 1.54) is 4.90 Å². The third-order valence-electron chi connectivity index (χ3n) is 5.63. The van der Waals surface area contributed by atoms with Crippen LogP contribution >= 0.6 is 0 Å². The number of amides is 1. The standard InChI is InChI=1S/C19H24F3N7O/c1-11(2)13-10-14(24-18(23-13)27-6-4-5-7-27)16(30)28-8-9-29-15(12(28)3)25-26-17(29)19(20,21)22/h10-12H,4-9H2,1-3H3. The molecule has 2 aromatic heterocycles. The molecule has 4 rings (SSSR count). The van der Waals surface area contributed by atoms with E-state index in [0.29, 0.717) is 5.95 Å². The minimum atomic E-state index is -4.58. The van der Waals surface area contributed by atoms with Crippen molar-refractivity contribution >= 4 is 11.9 Å². The molecule has 11 heteroatoms. The average Bonchev–Trinajstić information content (AvgIpc) is 3.37. The van der Waals surface area contributed by atoms with Crippen molar-refractivity contribution in [3.63, 3.8) is 0 Å². The maximum absolute atomic E-state index is 13.3. The predicted molar refractivity (Wildman–Crippen MR) is 102 cm³/mol. The van der Waals surface area contributed by atoms with Crippen molar-refractivity contribution in [1.82, 2.24) is 29.6 Å². The molecule has 0 aromatic carbocycles. The fourth-order valence-electron chi connectivity index (χ4n) is 3.94. The van der Waals surface area contributed by atoms with Crippen molar-refractivity contribution in [3.8, 4) is 0 Å². The summed E-state index contributed by atoms with van der Waals surface area (Å²) in [5.41, 5.74) is 1.02. The monoisotopic (exact) mass is 423 g/mol. The highest BCUT2D eigenvalue weighted by atomic mass is 19.4. The summed E-state index contributed by atoms with van der Waals surface area (Å²) in [7, 11) is 0. The summed E-state index contributed by atoms with van der Waals surface area (Å²) in [6.07, 6.45) is -2.47. The van der Waals surface area contributed by atoms with Gasteiger partial charge < -0.3 is 14.4 Å². The van der Waals surface area contributed by atoms with Crippen LogP contribution in [-0.4, -0.2) is 55.2 Å². The molecule has 0 spiro atoms. The third kappa shape index (κ3) is 3.61. The van der Waals surface area contributed by atoms with Crippen molar-refractivity contribution in [2.45, 2.75) is 58.3 Å². The number of hydrogen-bond acceptors (Lipinski definition) is 6. The largest absolute Gasteiger partial charge is 0.451 e. The number of carbonyl (C=O) groups excluding carboxylic acids is 1. The van der Waals surface area contributed by atoms with Crippen LogP contribution in [0.15, 0.2) is 6.07 Å². The zero-order valence-corrected chi connectivity index (χ0v) is 17.1. The lowest BCUT2D eigenvalue weighted by molar-refractivity contribution is -0.148. The quantitative estimate of drug-likeness (QED) is 0.755. The number of nitrogens with zero attached hydrogens (tertiary/aromatic N) is 7. The van der Waals surface area contributed by atoms with Crippen LogP contribution in [0.5, 0.6) is 0 Å². The first-order valence-electron chi connectivity index (χ1n) is 10.1. The van der Waals surface area contributed by atoms with Gasteiger partial charge in [-0.2, -0.15) is 13.2 Å². The Labute approximate surface area is 172 Å². The molecule has 1 atom stereocenters. The van der Waals surface area contributed by atoms with E-state index in [-0.39, 0.29) is 36.4 Å². The molecule has 2 aromatic rings. The molecule has 4 heterocycles. The van der Waals surface area contributed by atoms with E-state index < -0.39 is 18.0 Å². The van der Waals surface area contributed by atoms with Gasteiger partial charge in [-0.1, -0.05) is 13.8 Å². The first-order chi connectivity index (χ1) is 14.2. The Morgan fingerprint density at radius 1 is 1.10 bits per heavy atom. The second kappa shape index (κ2) is 7.51. The SMILES string of the molecule is CC(C)c1cc(C(=O)N2CCn3c(nnc3C(F)(F)F)C2C)nc(N2CCCC2)n1. The lowest BCUT2D eigenvalue weighted by Gasteiger charge is -2.33. The molecular weight excluding hydrogens is 399 g/mol. The smallest absolute Gasteiger partial charge is 0.341 e. The number of aromatic nitrogens is 5. The van der Waals surface area contributed by atoms with Gasteiger partial charge in [-0.15, -0.1) is 10.2 Å². The second-order valence-corrected chi connectivity index (χ2v) is 8.03.